The van der Waals surface area contributed by atoms with Crippen LogP contribution >= 0.6 is 0 Å². The molecule has 1 saturated heterocycles. The third kappa shape index (κ3) is 2.64. The monoisotopic (exact) mass is 236 g/mol. The van der Waals surface area contributed by atoms with E-state index in [1.165, 1.54) is 0 Å². The first-order chi connectivity index (χ1) is 8.02. The van der Waals surface area contributed by atoms with E-state index in [1.54, 1.807) is 7.11 Å². The Labute approximate surface area is 102 Å². The third-order valence-electron chi connectivity index (χ3n) is 3.39. The summed E-state index contributed by atoms with van der Waals surface area (Å²) >= 11 is 0. The molecule has 0 bridgehead atoms. The van der Waals surface area contributed by atoms with Crippen LogP contribution in [0, 0.1) is 0 Å². The number of anilines is 2. The van der Waals surface area contributed by atoms with Gasteiger partial charge in [-0.2, -0.15) is 0 Å². The van der Waals surface area contributed by atoms with E-state index < -0.39 is 5.60 Å². The van der Waals surface area contributed by atoms with Crippen molar-refractivity contribution in [3.05, 3.63) is 18.2 Å². The molecule has 94 valence electrons. The van der Waals surface area contributed by atoms with E-state index >= 15 is 0 Å². The highest BCUT2D eigenvalue weighted by molar-refractivity contribution is 5.64. The molecule has 1 aromatic rings. The van der Waals surface area contributed by atoms with E-state index in [1.807, 2.05) is 25.1 Å². The molecule has 0 saturated carbocycles. The Kier molecular flexibility index (Phi) is 3.15. The summed E-state index contributed by atoms with van der Waals surface area (Å²) in [6.07, 6.45) is 1.56. The van der Waals surface area contributed by atoms with Gasteiger partial charge in [0.15, 0.2) is 0 Å². The SMILES string of the molecule is COc1cc(N)ccc1N1CCC(C)(O)CC1. The molecule has 1 aliphatic rings. The molecule has 1 heterocycles. The van der Waals surface area contributed by atoms with Crippen LogP contribution in [0.3, 0.4) is 0 Å². The molecule has 4 nitrogen and oxygen atoms in total. The van der Waals surface area contributed by atoms with Gasteiger partial charge >= 0.3 is 0 Å². The maximum Gasteiger partial charge on any atom is 0.144 e. The lowest BCUT2D eigenvalue weighted by Gasteiger charge is -2.37. The number of nitrogens with two attached hydrogens (primary N) is 1. The van der Waals surface area contributed by atoms with Crippen LogP contribution in [0.4, 0.5) is 11.4 Å². The minimum Gasteiger partial charge on any atom is -0.495 e. The zero-order valence-corrected chi connectivity index (χ0v) is 10.4. The van der Waals surface area contributed by atoms with Gasteiger partial charge in [0.1, 0.15) is 5.75 Å². The summed E-state index contributed by atoms with van der Waals surface area (Å²) in [7, 11) is 1.65. The number of hydrogen-bond acceptors (Lipinski definition) is 4. The Balaban J connectivity index is 2.18. The number of methoxy groups -OCH3 is 1. The van der Waals surface area contributed by atoms with Gasteiger partial charge in [0.05, 0.1) is 18.4 Å². The molecule has 1 fully saturated rings. The van der Waals surface area contributed by atoms with Crippen molar-refractivity contribution in [2.75, 3.05) is 30.8 Å². The maximum absolute atomic E-state index is 9.93. The predicted molar refractivity (Wildman–Crippen MR) is 69.5 cm³/mol. The standard InChI is InChI=1S/C13H20N2O2/c1-13(16)5-7-15(8-6-13)11-4-3-10(14)9-12(11)17-2/h3-4,9,16H,5-8,14H2,1-2H3. The largest absolute Gasteiger partial charge is 0.495 e. The van der Waals surface area contributed by atoms with Crippen molar-refractivity contribution in [2.45, 2.75) is 25.4 Å². The van der Waals surface area contributed by atoms with E-state index in [2.05, 4.69) is 4.90 Å². The number of ether oxygens (including phenoxy) is 1. The predicted octanol–water partition coefficient (Wildman–Crippen LogP) is 1.63. The molecule has 1 aliphatic heterocycles. The summed E-state index contributed by atoms with van der Waals surface area (Å²) in [6.45, 7) is 3.57. The van der Waals surface area contributed by atoms with Gasteiger partial charge in [-0.1, -0.05) is 0 Å². The smallest absolute Gasteiger partial charge is 0.144 e. The molecule has 4 heteroatoms. The summed E-state index contributed by atoms with van der Waals surface area (Å²) in [5.41, 5.74) is 6.96. The quantitative estimate of drug-likeness (QED) is 0.766. The second kappa shape index (κ2) is 4.45. The van der Waals surface area contributed by atoms with E-state index in [4.69, 9.17) is 10.5 Å². The van der Waals surface area contributed by atoms with Gasteiger partial charge in [0.2, 0.25) is 0 Å². The zero-order chi connectivity index (χ0) is 12.5. The highest BCUT2D eigenvalue weighted by atomic mass is 16.5. The van der Waals surface area contributed by atoms with E-state index in [-0.39, 0.29) is 0 Å². The van der Waals surface area contributed by atoms with Gasteiger partial charge in [-0.15, -0.1) is 0 Å². The maximum atomic E-state index is 9.93. The number of nitrogens with zero attached hydrogens (tertiary/aromatic N) is 1. The minimum absolute atomic E-state index is 0.530. The second-order valence-electron chi connectivity index (χ2n) is 4.92. The van der Waals surface area contributed by atoms with Crippen LogP contribution in [0.5, 0.6) is 5.75 Å². The average Bonchev–Trinajstić information content (AvgIpc) is 2.29. The molecule has 0 spiro atoms. The van der Waals surface area contributed by atoms with Crippen molar-refractivity contribution >= 4 is 11.4 Å². The Morgan fingerprint density at radius 3 is 2.59 bits per heavy atom. The fourth-order valence-corrected chi connectivity index (χ4v) is 2.18. The number of aliphatic hydroxyl groups is 1. The van der Waals surface area contributed by atoms with Crippen LogP contribution in [0.1, 0.15) is 19.8 Å². The summed E-state index contributed by atoms with van der Waals surface area (Å²) < 4.78 is 5.35. The van der Waals surface area contributed by atoms with Gasteiger partial charge < -0.3 is 20.5 Å². The molecule has 0 aliphatic carbocycles. The first-order valence-corrected chi connectivity index (χ1v) is 5.93. The molecule has 0 unspecified atom stereocenters. The molecule has 0 atom stereocenters. The highest BCUT2D eigenvalue weighted by Gasteiger charge is 2.28. The molecule has 3 N–H and O–H groups in total. The third-order valence-corrected chi connectivity index (χ3v) is 3.39. The Hall–Kier alpha value is -1.42. The van der Waals surface area contributed by atoms with Crippen LogP contribution in [0.2, 0.25) is 0 Å². The summed E-state index contributed by atoms with van der Waals surface area (Å²) in [6, 6.07) is 5.70. The van der Waals surface area contributed by atoms with Crippen molar-refractivity contribution in [3.63, 3.8) is 0 Å². The van der Waals surface area contributed by atoms with E-state index in [0.717, 1.165) is 37.4 Å². The van der Waals surface area contributed by atoms with Crippen molar-refractivity contribution < 1.29 is 9.84 Å². The molecule has 2 rings (SSSR count). The summed E-state index contributed by atoms with van der Waals surface area (Å²) in [4.78, 5) is 2.23. The Morgan fingerprint density at radius 1 is 1.35 bits per heavy atom. The molecule has 17 heavy (non-hydrogen) atoms. The topological polar surface area (TPSA) is 58.7 Å². The summed E-state index contributed by atoms with van der Waals surface area (Å²) in [5.74, 6) is 0.798. The van der Waals surface area contributed by atoms with Crippen LogP contribution in [0.25, 0.3) is 0 Å². The number of benzene rings is 1. The lowest BCUT2D eigenvalue weighted by atomic mass is 9.93. The van der Waals surface area contributed by atoms with Crippen molar-refractivity contribution in [2.24, 2.45) is 0 Å². The first kappa shape index (κ1) is 12.0. The normalized spacial score (nSPS) is 19.1. The van der Waals surface area contributed by atoms with Crippen molar-refractivity contribution in [3.8, 4) is 5.75 Å². The first-order valence-electron chi connectivity index (χ1n) is 5.93. The van der Waals surface area contributed by atoms with Crippen LogP contribution in [0.15, 0.2) is 18.2 Å². The van der Waals surface area contributed by atoms with E-state index in [9.17, 15) is 5.11 Å². The highest BCUT2D eigenvalue weighted by Crippen LogP contribution is 2.33. The second-order valence-corrected chi connectivity index (χ2v) is 4.92. The van der Waals surface area contributed by atoms with Crippen LogP contribution in [-0.4, -0.2) is 30.9 Å². The van der Waals surface area contributed by atoms with Crippen molar-refractivity contribution in [1.29, 1.82) is 0 Å². The number of piperidine rings is 1. The molecule has 0 aromatic heterocycles. The van der Waals surface area contributed by atoms with Crippen molar-refractivity contribution in [1.82, 2.24) is 0 Å². The fourth-order valence-electron chi connectivity index (χ4n) is 2.18. The van der Waals surface area contributed by atoms with Crippen LogP contribution in [-0.2, 0) is 0 Å². The lowest BCUT2D eigenvalue weighted by Crippen LogP contribution is -2.42. The van der Waals surface area contributed by atoms with E-state index in [0.29, 0.717) is 5.69 Å². The zero-order valence-electron chi connectivity index (χ0n) is 10.4. The average molecular weight is 236 g/mol. The Morgan fingerprint density at radius 2 is 2.00 bits per heavy atom. The minimum atomic E-state index is -0.530. The molecule has 1 aromatic carbocycles. The Bertz CT molecular complexity index is 394. The van der Waals surface area contributed by atoms with Gasteiger partial charge in [0, 0.05) is 24.8 Å². The number of nitrogen functional groups attached to an aromatic ring is 1. The van der Waals surface area contributed by atoms with Gasteiger partial charge in [-0.25, -0.2) is 0 Å². The van der Waals surface area contributed by atoms with Gasteiger partial charge in [-0.05, 0) is 31.9 Å². The van der Waals surface area contributed by atoms with Crippen LogP contribution < -0.4 is 15.4 Å². The molecule has 0 radical (unpaired) electrons. The van der Waals surface area contributed by atoms with Gasteiger partial charge in [0.25, 0.3) is 0 Å². The molecular weight excluding hydrogens is 216 g/mol. The molecule has 0 amide bonds. The fraction of sp³-hybridized carbons (Fsp3) is 0.538. The number of rotatable bonds is 2. The summed E-state index contributed by atoms with van der Waals surface area (Å²) in [5, 5.41) is 9.93. The van der Waals surface area contributed by atoms with Gasteiger partial charge in [-0.3, -0.25) is 0 Å². The lowest BCUT2D eigenvalue weighted by molar-refractivity contribution is 0.0350. The molecular formula is C13H20N2O2. The number of hydrogen-bond donors (Lipinski definition) is 2.